The van der Waals surface area contributed by atoms with Crippen molar-refractivity contribution in [2.24, 2.45) is 5.41 Å². The summed E-state index contributed by atoms with van der Waals surface area (Å²) in [6.45, 7) is 10.3. The highest BCUT2D eigenvalue weighted by Crippen LogP contribution is 2.48. The minimum atomic E-state index is -4.15. The Kier molecular flexibility index (Phi) is 13.7. The number of carbonyl (C=O) groups excluding carboxylic acids is 2. The van der Waals surface area contributed by atoms with Gasteiger partial charge in [0.1, 0.15) is 18.2 Å². The van der Waals surface area contributed by atoms with Crippen LogP contribution in [0, 0.1) is 5.41 Å². The maximum atomic E-state index is 13.5. The van der Waals surface area contributed by atoms with Crippen molar-refractivity contribution in [3.8, 4) is 0 Å². The number of nitrogens with zero attached hydrogens (tertiary/aromatic N) is 4. The zero-order valence-electron chi connectivity index (χ0n) is 25.8. The Bertz CT molecular complexity index is 1240. The Labute approximate surface area is 250 Å². The number of esters is 1. The van der Waals surface area contributed by atoms with Crippen LogP contribution in [0.3, 0.4) is 0 Å². The second-order valence-electron chi connectivity index (χ2n) is 10.2. The predicted molar refractivity (Wildman–Crippen MR) is 150 cm³/mol. The molecule has 2 aromatic rings. The number of ether oxygens (including phenoxy) is 7. The number of nitrogens with two attached hydrogens (primary N) is 1. The molecule has 2 unspecified atom stereocenters. The molecule has 0 aromatic carbocycles. The van der Waals surface area contributed by atoms with Gasteiger partial charge in [-0.05, 0) is 41.5 Å². The molecule has 0 saturated heterocycles. The number of hydrogen-bond acceptors (Lipinski definition) is 16. The molecular weight excluding hydrogens is 593 g/mol. The van der Waals surface area contributed by atoms with E-state index >= 15 is 0 Å². The number of aromatic nitrogens is 4. The van der Waals surface area contributed by atoms with Gasteiger partial charge in [-0.3, -0.25) is 18.4 Å². The summed E-state index contributed by atoms with van der Waals surface area (Å²) < 4.78 is 62.5. The van der Waals surface area contributed by atoms with Crippen LogP contribution < -0.4 is 5.73 Å². The Morgan fingerprint density at radius 1 is 1.05 bits per heavy atom. The third kappa shape index (κ3) is 11.6. The molecule has 0 amide bonds. The van der Waals surface area contributed by atoms with Gasteiger partial charge in [-0.25, -0.2) is 19.7 Å². The Morgan fingerprint density at radius 3 is 2.35 bits per heavy atom. The Balaban J connectivity index is 2.00. The number of fused-ring (bicyclic) bond motifs is 1. The molecule has 18 heteroatoms. The van der Waals surface area contributed by atoms with Gasteiger partial charge in [0.2, 0.25) is 13.6 Å². The standard InChI is InChI=1S/C25H42N5O12P/c1-9-38-25(7,34-8)39-11-24(5,6)22(31)35-14-40-43(33,41-15-36-23(32)42-17(2)3)16-37-18(4)10-30-13-29-19-20(26)27-12-28-21(19)30/h12-13,17-18H,9-11,14-16H2,1-8H3,(H2,26,27,28)/t18-,25?,43?/m1/s1. The van der Waals surface area contributed by atoms with Crippen LogP contribution in [0.5, 0.6) is 0 Å². The second kappa shape index (κ2) is 16.2. The number of rotatable bonds is 19. The van der Waals surface area contributed by atoms with Crippen molar-refractivity contribution in [3.63, 3.8) is 0 Å². The highest BCUT2D eigenvalue weighted by atomic mass is 31.2. The van der Waals surface area contributed by atoms with Gasteiger partial charge < -0.3 is 43.5 Å². The topological polar surface area (TPSA) is 204 Å². The smallest absolute Gasteiger partial charge is 0.437 e. The summed E-state index contributed by atoms with van der Waals surface area (Å²) in [6, 6.07) is 0. The molecule has 0 bridgehead atoms. The monoisotopic (exact) mass is 635 g/mol. The first-order chi connectivity index (χ1) is 20.1. The van der Waals surface area contributed by atoms with Crippen LogP contribution in [0.25, 0.3) is 11.2 Å². The van der Waals surface area contributed by atoms with Gasteiger partial charge in [-0.15, -0.1) is 0 Å². The van der Waals surface area contributed by atoms with Crippen molar-refractivity contribution in [1.29, 1.82) is 0 Å². The van der Waals surface area contributed by atoms with Crippen LogP contribution in [0.1, 0.15) is 48.5 Å². The maximum Gasteiger partial charge on any atom is 0.510 e. The van der Waals surface area contributed by atoms with E-state index in [1.807, 2.05) is 0 Å². The second-order valence-corrected chi connectivity index (χ2v) is 12.2. The van der Waals surface area contributed by atoms with Gasteiger partial charge in [0.15, 0.2) is 11.5 Å². The first-order valence-electron chi connectivity index (χ1n) is 13.4. The molecule has 43 heavy (non-hydrogen) atoms. The van der Waals surface area contributed by atoms with Gasteiger partial charge in [-0.2, -0.15) is 0 Å². The summed E-state index contributed by atoms with van der Waals surface area (Å²) >= 11 is 0. The fraction of sp³-hybridized carbons (Fsp3) is 0.720. The van der Waals surface area contributed by atoms with Gasteiger partial charge >= 0.3 is 19.7 Å². The number of anilines is 1. The fourth-order valence-corrected chi connectivity index (χ4v) is 4.31. The van der Waals surface area contributed by atoms with E-state index in [1.165, 1.54) is 19.8 Å². The van der Waals surface area contributed by atoms with E-state index in [0.717, 1.165) is 0 Å². The van der Waals surface area contributed by atoms with E-state index in [9.17, 15) is 14.2 Å². The lowest BCUT2D eigenvalue weighted by atomic mass is 9.95. The first kappa shape index (κ1) is 36.3. The largest absolute Gasteiger partial charge is 0.510 e. The molecule has 2 aromatic heterocycles. The molecule has 0 aliphatic carbocycles. The number of imidazole rings is 1. The van der Waals surface area contributed by atoms with Crippen molar-refractivity contribution in [2.45, 2.75) is 73.2 Å². The van der Waals surface area contributed by atoms with Crippen LogP contribution in [0.2, 0.25) is 0 Å². The van der Waals surface area contributed by atoms with Gasteiger partial charge in [0.05, 0.1) is 37.1 Å². The van der Waals surface area contributed by atoms with Crippen molar-refractivity contribution in [2.75, 3.05) is 46.0 Å². The van der Waals surface area contributed by atoms with Crippen LogP contribution in [-0.2, 0) is 58.1 Å². The summed E-state index contributed by atoms with van der Waals surface area (Å²) in [5.41, 5.74) is 5.58. The van der Waals surface area contributed by atoms with Crippen LogP contribution in [0.4, 0.5) is 10.6 Å². The minimum Gasteiger partial charge on any atom is -0.437 e. The van der Waals surface area contributed by atoms with Crippen molar-refractivity contribution < 1.29 is 56.4 Å². The van der Waals surface area contributed by atoms with E-state index in [2.05, 4.69) is 15.0 Å². The maximum absolute atomic E-state index is 13.5. The first-order valence-corrected chi connectivity index (χ1v) is 15.1. The fourth-order valence-electron chi connectivity index (χ4n) is 3.22. The molecule has 0 saturated carbocycles. The SMILES string of the molecule is CCOC(C)(OC)OCC(C)(C)C(=O)OCOP(=O)(CO[C@H](C)Cn1cnc2c(N)ncnc21)OCOC(=O)OC(C)C. The molecule has 2 N–H and O–H groups in total. The molecule has 0 radical (unpaired) electrons. The third-order valence-corrected chi connectivity index (χ3v) is 7.09. The molecule has 2 heterocycles. The summed E-state index contributed by atoms with van der Waals surface area (Å²) in [7, 11) is -2.74. The Morgan fingerprint density at radius 2 is 1.72 bits per heavy atom. The molecular formula is C25H42N5O12P. The summed E-state index contributed by atoms with van der Waals surface area (Å²) in [5.74, 6) is -1.86. The van der Waals surface area contributed by atoms with Gasteiger partial charge in [-0.1, -0.05) is 0 Å². The van der Waals surface area contributed by atoms with E-state index in [0.29, 0.717) is 17.8 Å². The highest BCUT2D eigenvalue weighted by molar-refractivity contribution is 7.53. The molecule has 244 valence electrons. The lowest BCUT2D eigenvalue weighted by molar-refractivity contribution is -0.364. The van der Waals surface area contributed by atoms with E-state index in [1.54, 1.807) is 53.0 Å². The molecule has 2 rings (SSSR count). The lowest BCUT2D eigenvalue weighted by Gasteiger charge is -2.31. The lowest BCUT2D eigenvalue weighted by Crippen LogP contribution is -2.41. The van der Waals surface area contributed by atoms with Crippen LogP contribution >= 0.6 is 7.60 Å². The zero-order chi connectivity index (χ0) is 32.3. The summed E-state index contributed by atoms with van der Waals surface area (Å²) in [5, 5.41) is 0. The molecule has 0 aliphatic rings. The zero-order valence-corrected chi connectivity index (χ0v) is 26.7. The van der Waals surface area contributed by atoms with Crippen LogP contribution in [-0.4, -0.2) is 90.1 Å². The number of hydrogen-bond donors (Lipinski definition) is 1. The molecule has 0 aliphatic heterocycles. The van der Waals surface area contributed by atoms with Gasteiger partial charge in [0.25, 0.3) is 5.97 Å². The van der Waals surface area contributed by atoms with Crippen LogP contribution in [0.15, 0.2) is 12.7 Å². The Hall–Kier alpha value is -2.92. The van der Waals surface area contributed by atoms with E-state index in [-0.39, 0.29) is 19.0 Å². The minimum absolute atomic E-state index is 0.129. The molecule has 0 spiro atoms. The third-order valence-electron chi connectivity index (χ3n) is 5.62. The quantitative estimate of drug-likeness (QED) is 0.133. The molecule has 3 atom stereocenters. The average Bonchev–Trinajstić information content (AvgIpc) is 3.34. The van der Waals surface area contributed by atoms with E-state index in [4.69, 9.17) is 47.9 Å². The van der Waals surface area contributed by atoms with Crippen molar-refractivity contribution >= 4 is 36.7 Å². The van der Waals surface area contributed by atoms with E-state index < -0.39 is 63.3 Å². The summed E-state index contributed by atoms with van der Waals surface area (Å²) in [6.07, 6.45) is 0.218. The number of methoxy groups -OCH3 is 1. The molecule has 17 nitrogen and oxygen atoms in total. The highest BCUT2D eigenvalue weighted by Gasteiger charge is 2.36. The number of nitrogen functional groups attached to an aromatic ring is 1. The molecule has 0 fully saturated rings. The summed E-state index contributed by atoms with van der Waals surface area (Å²) in [4.78, 5) is 36.7. The number of carbonyl (C=O) groups is 2. The normalized spacial score (nSPS) is 15.6. The van der Waals surface area contributed by atoms with Crippen molar-refractivity contribution in [1.82, 2.24) is 19.5 Å². The average molecular weight is 636 g/mol. The van der Waals surface area contributed by atoms with Gasteiger partial charge in [0, 0.05) is 20.6 Å². The van der Waals surface area contributed by atoms with Crippen molar-refractivity contribution in [3.05, 3.63) is 12.7 Å². The predicted octanol–water partition coefficient (Wildman–Crippen LogP) is 3.42.